The number of hydrogen-bond acceptors (Lipinski definition) is 3. The van der Waals surface area contributed by atoms with E-state index in [1.807, 2.05) is 29.7 Å². The normalized spacial score (nSPS) is 14.4. The molecule has 2 unspecified atom stereocenters. The van der Waals surface area contributed by atoms with E-state index in [0.29, 0.717) is 12.0 Å². The first kappa shape index (κ1) is 14.8. The predicted molar refractivity (Wildman–Crippen MR) is 95.8 cm³/mol. The minimum atomic E-state index is 0.292. The van der Waals surface area contributed by atoms with Crippen LogP contribution >= 0.6 is 22.7 Å². The summed E-state index contributed by atoms with van der Waals surface area (Å²) in [5, 5.41) is 5.63. The van der Waals surface area contributed by atoms with E-state index in [9.17, 15) is 0 Å². The van der Waals surface area contributed by atoms with Crippen molar-refractivity contribution in [2.45, 2.75) is 32.2 Å². The van der Waals surface area contributed by atoms with Gasteiger partial charge in [-0.05, 0) is 48.0 Å². The van der Waals surface area contributed by atoms with Crippen molar-refractivity contribution in [3.05, 3.63) is 57.8 Å². The molecular weight excluding hydrogens is 294 g/mol. The van der Waals surface area contributed by atoms with E-state index in [1.54, 1.807) is 0 Å². The van der Waals surface area contributed by atoms with E-state index in [2.05, 4.69) is 60.9 Å². The monoisotopic (exact) mass is 315 g/mol. The zero-order valence-corrected chi connectivity index (χ0v) is 14.4. The van der Waals surface area contributed by atoms with Crippen molar-refractivity contribution in [3.63, 3.8) is 0 Å². The number of hydrogen-bond donors (Lipinski definition) is 1. The third-order valence-corrected chi connectivity index (χ3v) is 6.34. The summed E-state index contributed by atoms with van der Waals surface area (Å²) >= 11 is 3.72. The Labute approximate surface area is 134 Å². The number of rotatable bonds is 5. The Balaban J connectivity index is 1.90. The molecule has 0 saturated carbocycles. The largest absolute Gasteiger partial charge is 0.309 e. The third-order valence-electron chi connectivity index (χ3n) is 4.18. The van der Waals surface area contributed by atoms with Crippen molar-refractivity contribution in [1.29, 1.82) is 0 Å². The second-order valence-electron chi connectivity index (χ2n) is 5.50. The maximum Gasteiger partial charge on any atom is 0.0669 e. The van der Waals surface area contributed by atoms with Gasteiger partial charge in [-0.2, -0.15) is 0 Å². The van der Waals surface area contributed by atoms with Crippen molar-refractivity contribution >= 4 is 32.1 Å². The minimum absolute atomic E-state index is 0.292. The molecule has 0 aliphatic heterocycles. The Morgan fingerprint density at radius 2 is 1.76 bits per heavy atom. The summed E-state index contributed by atoms with van der Waals surface area (Å²) in [6.45, 7) is 4.53. The van der Waals surface area contributed by atoms with Gasteiger partial charge in [0.15, 0.2) is 0 Å². The van der Waals surface area contributed by atoms with Gasteiger partial charge in [-0.15, -0.1) is 22.7 Å². The summed E-state index contributed by atoms with van der Waals surface area (Å²) < 4.78 is 2.79. The Bertz CT molecular complexity index is 680. The molecule has 0 spiro atoms. The molecule has 0 saturated heterocycles. The maximum absolute atomic E-state index is 3.46. The van der Waals surface area contributed by atoms with Crippen LogP contribution in [0.5, 0.6) is 0 Å². The zero-order chi connectivity index (χ0) is 14.8. The van der Waals surface area contributed by atoms with E-state index in [1.165, 1.54) is 31.8 Å². The van der Waals surface area contributed by atoms with Gasteiger partial charge in [-0.25, -0.2) is 0 Å². The highest BCUT2D eigenvalue weighted by atomic mass is 32.1. The van der Waals surface area contributed by atoms with Crippen LogP contribution in [0.3, 0.4) is 0 Å². The maximum atomic E-state index is 3.46. The number of benzene rings is 1. The average Bonchev–Trinajstić information content (AvgIpc) is 3.09. The summed E-state index contributed by atoms with van der Waals surface area (Å²) in [6, 6.07) is 13.9. The zero-order valence-electron chi connectivity index (χ0n) is 12.7. The molecule has 21 heavy (non-hydrogen) atoms. The molecule has 1 N–H and O–H groups in total. The molecular formula is C18H21NS2. The molecule has 3 aromatic rings. The van der Waals surface area contributed by atoms with Gasteiger partial charge < -0.3 is 5.32 Å². The van der Waals surface area contributed by atoms with E-state index in [0.717, 1.165) is 0 Å². The number of nitrogens with one attached hydrogen (secondary N) is 1. The van der Waals surface area contributed by atoms with Crippen LogP contribution in [-0.4, -0.2) is 7.05 Å². The lowest BCUT2D eigenvalue weighted by atomic mass is 9.96. The van der Waals surface area contributed by atoms with Gasteiger partial charge in [0.05, 0.1) is 6.04 Å². The lowest BCUT2D eigenvalue weighted by Gasteiger charge is -2.16. The molecule has 3 heteroatoms. The van der Waals surface area contributed by atoms with Crippen LogP contribution in [-0.2, 0) is 0 Å². The van der Waals surface area contributed by atoms with Crippen LogP contribution in [0.25, 0.3) is 9.40 Å². The molecule has 1 nitrogen and oxygen atoms in total. The standard InChI is InChI=1S/C18H21NS2/c1-4-12(2)13-5-7-14(8-6-13)18(19-3)17-11-16-15(21-17)9-10-20-16/h5-12,18-19H,4H2,1-3H3. The quantitative estimate of drug-likeness (QED) is 0.629. The van der Waals surface area contributed by atoms with E-state index < -0.39 is 0 Å². The molecule has 110 valence electrons. The highest BCUT2D eigenvalue weighted by molar-refractivity contribution is 7.27. The van der Waals surface area contributed by atoms with Crippen molar-refractivity contribution in [3.8, 4) is 0 Å². The summed E-state index contributed by atoms with van der Waals surface area (Å²) in [5.74, 6) is 0.638. The fourth-order valence-electron chi connectivity index (χ4n) is 2.65. The first-order valence-electron chi connectivity index (χ1n) is 7.47. The fraction of sp³-hybridized carbons (Fsp3) is 0.333. The Morgan fingerprint density at radius 1 is 1.05 bits per heavy atom. The topological polar surface area (TPSA) is 12.0 Å². The van der Waals surface area contributed by atoms with Gasteiger partial charge in [0, 0.05) is 14.3 Å². The molecule has 0 radical (unpaired) electrons. The van der Waals surface area contributed by atoms with Crippen LogP contribution in [0, 0.1) is 0 Å². The summed E-state index contributed by atoms with van der Waals surface area (Å²) in [5.41, 5.74) is 2.78. The van der Waals surface area contributed by atoms with E-state index in [4.69, 9.17) is 0 Å². The average molecular weight is 316 g/mol. The van der Waals surface area contributed by atoms with Gasteiger partial charge >= 0.3 is 0 Å². The number of fused-ring (bicyclic) bond motifs is 1. The van der Waals surface area contributed by atoms with Crippen molar-refractivity contribution < 1.29 is 0 Å². The lowest BCUT2D eigenvalue weighted by Crippen LogP contribution is -2.16. The van der Waals surface area contributed by atoms with Crippen LogP contribution in [0.15, 0.2) is 41.8 Å². The first-order valence-corrected chi connectivity index (χ1v) is 9.16. The smallest absolute Gasteiger partial charge is 0.0669 e. The van der Waals surface area contributed by atoms with Crippen LogP contribution in [0.4, 0.5) is 0 Å². The first-order chi connectivity index (χ1) is 10.2. The lowest BCUT2D eigenvalue weighted by molar-refractivity contribution is 0.699. The summed E-state index contributed by atoms with van der Waals surface area (Å²) in [4.78, 5) is 1.40. The highest BCUT2D eigenvalue weighted by Gasteiger charge is 2.16. The van der Waals surface area contributed by atoms with Crippen LogP contribution in [0.1, 0.15) is 48.2 Å². The Morgan fingerprint density at radius 3 is 2.38 bits per heavy atom. The van der Waals surface area contributed by atoms with Gasteiger partial charge in [-0.3, -0.25) is 0 Å². The van der Waals surface area contributed by atoms with E-state index >= 15 is 0 Å². The van der Waals surface area contributed by atoms with Gasteiger partial charge in [0.1, 0.15) is 0 Å². The molecule has 2 heterocycles. The van der Waals surface area contributed by atoms with Crippen molar-refractivity contribution in [2.75, 3.05) is 7.05 Å². The van der Waals surface area contributed by atoms with Crippen molar-refractivity contribution in [2.24, 2.45) is 0 Å². The molecule has 0 aliphatic rings. The summed E-state index contributed by atoms with van der Waals surface area (Å²) in [6.07, 6.45) is 1.19. The third kappa shape index (κ3) is 2.91. The number of thiophene rings is 2. The van der Waals surface area contributed by atoms with Crippen molar-refractivity contribution in [1.82, 2.24) is 5.32 Å². The predicted octanol–water partition coefficient (Wildman–Crippen LogP) is 5.79. The molecule has 0 aliphatic carbocycles. The fourth-order valence-corrected chi connectivity index (χ4v) is 4.91. The summed E-state index contributed by atoms with van der Waals surface area (Å²) in [7, 11) is 2.04. The van der Waals surface area contributed by atoms with Gasteiger partial charge in [-0.1, -0.05) is 38.1 Å². The van der Waals surface area contributed by atoms with Gasteiger partial charge in [0.25, 0.3) is 0 Å². The van der Waals surface area contributed by atoms with Crippen LogP contribution < -0.4 is 5.32 Å². The molecule has 0 bridgehead atoms. The molecule has 0 fully saturated rings. The second-order valence-corrected chi connectivity index (χ2v) is 7.56. The van der Waals surface area contributed by atoms with Gasteiger partial charge in [0.2, 0.25) is 0 Å². The SMILES string of the molecule is CCC(C)c1ccc(C(NC)c2cc3sccc3s2)cc1. The highest BCUT2D eigenvalue weighted by Crippen LogP contribution is 2.36. The molecule has 2 aromatic heterocycles. The second kappa shape index (κ2) is 6.30. The molecule has 0 amide bonds. The minimum Gasteiger partial charge on any atom is -0.309 e. The van der Waals surface area contributed by atoms with Crippen LogP contribution in [0.2, 0.25) is 0 Å². The Hall–Kier alpha value is -1.16. The van der Waals surface area contributed by atoms with E-state index in [-0.39, 0.29) is 0 Å². The molecule has 1 aromatic carbocycles. The Kier molecular flexibility index (Phi) is 4.43. The molecule has 3 rings (SSSR count). The molecule has 2 atom stereocenters.